The van der Waals surface area contributed by atoms with E-state index >= 15 is 0 Å². The van der Waals surface area contributed by atoms with Gasteiger partial charge in [0, 0.05) is 68.2 Å². The molecule has 0 aliphatic heterocycles. The van der Waals surface area contributed by atoms with Gasteiger partial charge in [-0.1, -0.05) is 0 Å². The van der Waals surface area contributed by atoms with E-state index in [4.69, 9.17) is 15.5 Å². The quantitative estimate of drug-likeness (QED) is 0.197. The molecule has 11 nitrogen and oxygen atoms in total. The van der Waals surface area contributed by atoms with Gasteiger partial charge in [-0.3, -0.25) is 14.2 Å². The van der Waals surface area contributed by atoms with Gasteiger partial charge in [-0.25, -0.2) is 15.0 Å². The normalized spacial score (nSPS) is 11.3. The van der Waals surface area contributed by atoms with Crippen LogP contribution in [0.1, 0.15) is 18.4 Å². The first-order valence-corrected chi connectivity index (χ1v) is 13.2. The number of benzene rings is 1. The van der Waals surface area contributed by atoms with Crippen LogP contribution < -0.4 is 15.4 Å². The van der Waals surface area contributed by atoms with Crippen molar-refractivity contribution in [3.63, 3.8) is 0 Å². The molecule has 6 rings (SSSR count). The molecule has 0 aliphatic rings. The lowest BCUT2D eigenvalue weighted by atomic mass is 10.2. The number of carbonyl (C=O) groups is 1. The number of hydrogen-bond acceptors (Lipinski definition) is 9. The Bertz CT molecular complexity index is 1860. The summed E-state index contributed by atoms with van der Waals surface area (Å²) >= 11 is 0. The number of nitrogens with zero attached hydrogens (tertiary/aromatic N) is 8. The number of nitrogens with two attached hydrogens (primary N) is 1. The lowest BCUT2D eigenvalue weighted by Crippen LogP contribution is -2.19. The van der Waals surface area contributed by atoms with Crippen molar-refractivity contribution in [3.8, 4) is 22.7 Å². The second-order valence-corrected chi connectivity index (χ2v) is 9.84. The fourth-order valence-electron chi connectivity index (χ4n) is 4.80. The predicted octanol–water partition coefficient (Wildman–Crippen LogP) is 4.34. The number of pyridine rings is 2. The summed E-state index contributed by atoms with van der Waals surface area (Å²) in [6.07, 6.45) is 11.1. The summed E-state index contributed by atoms with van der Waals surface area (Å²) in [4.78, 5) is 30.7. The van der Waals surface area contributed by atoms with Crippen LogP contribution in [-0.2, 0) is 18.4 Å². The van der Waals surface area contributed by atoms with Crippen LogP contribution in [0.15, 0.2) is 73.6 Å². The largest absolute Gasteiger partial charge is 0.489 e. The molecule has 5 aromatic heterocycles. The van der Waals surface area contributed by atoms with Gasteiger partial charge in [-0.05, 0) is 42.8 Å². The number of unbranched alkanes of at least 4 members (excludes halogenated alkanes) is 1. The van der Waals surface area contributed by atoms with Crippen LogP contribution in [0.3, 0.4) is 0 Å². The Morgan fingerprint density at radius 2 is 1.98 bits per heavy atom. The van der Waals surface area contributed by atoms with Crippen LogP contribution in [0.5, 0.6) is 5.75 Å². The summed E-state index contributed by atoms with van der Waals surface area (Å²) in [6, 6.07) is 13.9. The molecule has 1 aromatic carbocycles. The smallest absolute Gasteiger partial charge is 0.150 e. The molecule has 0 saturated heterocycles. The fourth-order valence-corrected chi connectivity index (χ4v) is 4.80. The number of ether oxygens (including phenoxy) is 1. The predicted molar refractivity (Wildman–Crippen MR) is 158 cm³/mol. The van der Waals surface area contributed by atoms with E-state index in [9.17, 15) is 4.79 Å². The Labute approximate surface area is 236 Å². The standard InChI is InChI=1S/C30H29N9O2/c1-37(10-3-4-12-40)27-8-6-21-5-7-23(14-26(21)35-27)41-18-20-13-22(16-32-15-20)39-17-24(25-9-11-38(2)36-25)28-29(31)33-19-34-30(28)39/h5-9,11-17,19H,3-4,10,18H2,1-2H3,(H2,31,33,34). The summed E-state index contributed by atoms with van der Waals surface area (Å²) in [5.74, 6) is 1.95. The Balaban J connectivity index is 1.25. The van der Waals surface area contributed by atoms with Crippen molar-refractivity contribution in [1.29, 1.82) is 0 Å². The summed E-state index contributed by atoms with van der Waals surface area (Å²) in [5.41, 5.74) is 11.1. The van der Waals surface area contributed by atoms with E-state index in [1.807, 2.05) is 73.5 Å². The first-order chi connectivity index (χ1) is 20.0. The monoisotopic (exact) mass is 547 g/mol. The van der Waals surface area contributed by atoms with Gasteiger partial charge in [0.2, 0.25) is 0 Å². The number of aromatic nitrogens is 7. The second-order valence-electron chi connectivity index (χ2n) is 9.84. The topological polar surface area (TPSA) is 130 Å². The number of nitrogen functional groups attached to an aromatic ring is 1. The first kappa shape index (κ1) is 25.9. The molecular weight excluding hydrogens is 518 g/mol. The Kier molecular flexibility index (Phi) is 6.99. The third-order valence-corrected chi connectivity index (χ3v) is 6.92. The highest BCUT2D eigenvalue weighted by atomic mass is 16.5. The summed E-state index contributed by atoms with van der Waals surface area (Å²) < 4.78 is 9.85. The van der Waals surface area contributed by atoms with Crippen LogP contribution in [0.25, 0.3) is 38.9 Å². The zero-order chi connectivity index (χ0) is 28.3. The van der Waals surface area contributed by atoms with Gasteiger partial charge < -0.3 is 20.2 Å². The van der Waals surface area contributed by atoms with E-state index in [0.717, 1.165) is 63.9 Å². The second kappa shape index (κ2) is 11.0. The molecular formula is C30H29N9O2. The zero-order valence-electron chi connectivity index (χ0n) is 22.8. The fraction of sp³-hybridized carbons (Fsp3) is 0.200. The minimum Gasteiger partial charge on any atom is -0.489 e. The Morgan fingerprint density at radius 3 is 2.80 bits per heavy atom. The average molecular weight is 548 g/mol. The van der Waals surface area contributed by atoms with E-state index in [0.29, 0.717) is 30.2 Å². The highest BCUT2D eigenvalue weighted by Crippen LogP contribution is 2.33. The maximum absolute atomic E-state index is 10.6. The van der Waals surface area contributed by atoms with E-state index in [2.05, 4.69) is 25.0 Å². The molecule has 0 radical (unpaired) electrons. The van der Waals surface area contributed by atoms with E-state index in [1.54, 1.807) is 17.1 Å². The van der Waals surface area contributed by atoms with Gasteiger partial charge >= 0.3 is 0 Å². The van der Waals surface area contributed by atoms with Crippen molar-refractivity contribution in [2.24, 2.45) is 7.05 Å². The molecule has 0 spiro atoms. The van der Waals surface area contributed by atoms with Crippen LogP contribution >= 0.6 is 0 Å². The molecule has 0 atom stereocenters. The maximum atomic E-state index is 10.6. The summed E-state index contributed by atoms with van der Waals surface area (Å²) in [5, 5.41) is 6.31. The Hall–Kier alpha value is -5.32. The molecule has 206 valence electrons. The molecule has 0 aliphatic carbocycles. The SMILES string of the molecule is CN(CCCC=O)c1ccc2ccc(OCc3cncc(-n4cc(-c5ccn(C)n5)c5c(N)ncnc54)c3)cc2n1. The number of carbonyl (C=O) groups excluding carboxylic acids is 1. The molecule has 0 fully saturated rings. The number of rotatable bonds is 10. The summed E-state index contributed by atoms with van der Waals surface area (Å²) in [6.45, 7) is 1.08. The molecule has 41 heavy (non-hydrogen) atoms. The highest BCUT2D eigenvalue weighted by Gasteiger charge is 2.18. The minimum absolute atomic E-state index is 0.320. The molecule has 0 bridgehead atoms. The van der Waals surface area contributed by atoms with E-state index in [1.165, 1.54) is 6.33 Å². The van der Waals surface area contributed by atoms with Crippen molar-refractivity contribution >= 4 is 39.9 Å². The minimum atomic E-state index is 0.320. The van der Waals surface area contributed by atoms with Gasteiger partial charge in [0.05, 0.1) is 28.5 Å². The van der Waals surface area contributed by atoms with E-state index in [-0.39, 0.29) is 0 Å². The number of aryl methyl sites for hydroxylation is 1. The van der Waals surface area contributed by atoms with Gasteiger partial charge in [0.25, 0.3) is 0 Å². The van der Waals surface area contributed by atoms with Gasteiger partial charge in [-0.15, -0.1) is 0 Å². The van der Waals surface area contributed by atoms with Crippen LogP contribution in [-0.4, -0.2) is 54.2 Å². The van der Waals surface area contributed by atoms with Crippen molar-refractivity contribution in [3.05, 3.63) is 79.1 Å². The van der Waals surface area contributed by atoms with Crippen LogP contribution in [0.2, 0.25) is 0 Å². The highest BCUT2D eigenvalue weighted by molar-refractivity contribution is 6.00. The van der Waals surface area contributed by atoms with E-state index < -0.39 is 0 Å². The molecule has 0 amide bonds. The lowest BCUT2D eigenvalue weighted by Gasteiger charge is -2.18. The van der Waals surface area contributed by atoms with Crippen molar-refractivity contribution in [2.45, 2.75) is 19.4 Å². The van der Waals surface area contributed by atoms with Gasteiger partial charge in [0.15, 0.2) is 5.65 Å². The molecule has 6 aromatic rings. The first-order valence-electron chi connectivity index (χ1n) is 13.2. The number of hydrogen-bond donors (Lipinski definition) is 1. The number of anilines is 2. The third kappa shape index (κ3) is 5.29. The molecule has 5 heterocycles. The van der Waals surface area contributed by atoms with Crippen molar-refractivity contribution in [2.75, 3.05) is 24.2 Å². The molecule has 0 saturated carbocycles. The maximum Gasteiger partial charge on any atom is 0.150 e. The number of fused-ring (bicyclic) bond motifs is 2. The van der Waals surface area contributed by atoms with Crippen LogP contribution in [0.4, 0.5) is 11.6 Å². The van der Waals surface area contributed by atoms with Crippen molar-refractivity contribution in [1.82, 2.24) is 34.3 Å². The molecule has 0 unspecified atom stereocenters. The van der Waals surface area contributed by atoms with Crippen molar-refractivity contribution < 1.29 is 9.53 Å². The Morgan fingerprint density at radius 1 is 1.10 bits per heavy atom. The third-order valence-electron chi connectivity index (χ3n) is 6.92. The zero-order valence-corrected chi connectivity index (χ0v) is 22.8. The summed E-state index contributed by atoms with van der Waals surface area (Å²) in [7, 11) is 3.85. The molecule has 2 N–H and O–H groups in total. The molecule has 11 heteroatoms. The number of aldehydes is 1. The van der Waals surface area contributed by atoms with Gasteiger partial charge in [-0.2, -0.15) is 5.10 Å². The van der Waals surface area contributed by atoms with Crippen LogP contribution in [0, 0.1) is 0 Å². The van der Waals surface area contributed by atoms with Gasteiger partial charge in [0.1, 0.15) is 36.6 Å². The lowest BCUT2D eigenvalue weighted by molar-refractivity contribution is -0.107. The average Bonchev–Trinajstić information content (AvgIpc) is 3.60.